The number of sulfonamides is 1. The molecule has 1 heterocycles. The summed E-state index contributed by atoms with van der Waals surface area (Å²) >= 11 is 1.32. The summed E-state index contributed by atoms with van der Waals surface area (Å²) < 4.78 is 22.2. The van der Waals surface area contributed by atoms with Crippen molar-refractivity contribution >= 4 is 21.4 Å². The van der Waals surface area contributed by atoms with Crippen LogP contribution in [0.25, 0.3) is 0 Å². The fourth-order valence-electron chi connectivity index (χ4n) is 1.44. The van der Waals surface area contributed by atoms with Gasteiger partial charge in [0.25, 0.3) is 0 Å². The summed E-state index contributed by atoms with van der Waals surface area (Å²) in [5.41, 5.74) is 1.17. The molecule has 0 radical (unpaired) electrons. The van der Waals surface area contributed by atoms with Crippen LogP contribution in [0.5, 0.6) is 0 Å². The lowest BCUT2D eigenvalue weighted by Crippen LogP contribution is -2.10. The predicted molar refractivity (Wildman–Crippen MR) is 47.7 cm³/mol. The van der Waals surface area contributed by atoms with E-state index in [0.29, 0.717) is 4.21 Å². The third-order valence-electron chi connectivity index (χ3n) is 2.00. The van der Waals surface area contributed by atoms with Gasteiger partial charge >= 0.3 is 0 Å². The fraction of sp³-hybridized carbons (Fsp3) is 0.429. The molecule has 0 saturated carbocycles. The zero-order valence-electron chi connectivity index (χ0n) is 6.41. The number of hydrogen-bond donors (Lipinski definition) is 1. The third kappa shape index (κ3) is 1.28. The topological polar surface area (TPSA) is 60.2 Å². The Morgan fingerprint density at radius 2 is 2.17 bits per heavy atom. The maximum atomic E-state index is 10.9. The van der Waals surface area contributed by atoms with Crippen molar-refractivity contribution in [3.8, 4) is 0 Å². The third-order valence-corrected chi connectivity index (χ3v) is 4.66. The Bertz CT molecular complexity index is 384. The van der Waals surface area contributed by atoms with E-state index in [4.69, 9.17) is 5.14 Å². The van der Waals surface area contributed by atoms with E-state index in [2.05, 4.69) is 0 Å². The molecular weight excluding hydrogens is 194 g/mol. The molecular formula is C7H9NO2S2. The lowest BCUT2D eigenvalue weighted by molar-refractivity contribution is 0.599. The van der Waals surface area contributed by atoms with Crippen LogP contribution in [0.3, 0.4) is 0 Å². The van der Waals surface area contributed by atoms with Crippen LogP contribution in [0.4, 0.5) is 0 Å². The maximum absolute atomic E-state index is 10.9. The van der Waals surface area contributed by atoms with Crippen LogP contribution in [0.2, 0.25) is 0 Å². The second kappa shape index (κ2) is 2.55. The van der Waals surface area contributed by atoms with E-state index in [1.54, 1.807) is 6.07 Å². The lowest BCUT2D eigenvalue weighted by Gasteiger charge is -1.90. The van der Waals surface area contributed by atoms with Gasteiger partial charge in [-0.1, -0.05) is 0 Å². The number of primary sulfonamides is 1. The zero-order chi connectivity index (χ0) is 8.77. The fourth-order valence-corrected chi connectivity index (χ4v) is 3.50. The van der Waals surface area contributed by atoms with Crippen LogP contribution < -0.4 is 5.14 Å². The number of hydrogen-bond acceptors (Lipinski definition) is 3. The Hall–Kier alpha value is -0.390. The molecule has 0 bridgehead atoms. The average Bonchev–Trinajstić information content (AvgIpc) is 2.37. The summed E-state index contributed by atoms with van der Waals surface area (Å²) in [7, 11) is -3.46. The summed E-state index contributed by atoms with van der Waals surface area (Å²) in [6.45, 7) is 0. The highest BCUT2D eigenvalue weighted by Gasteiger charge is 2.19. The van der Waals surface area contributed by atoms with Crippen LogP contribution in [0, 0.1) is 0 Å². The summed E-state index contributed by atoms with van der Waals surface area (Å²) in [4.78, 5) is 1.19. The molecule has 1 aromatic heterocycles. The number of aryl methyl sites for hydroxylation is 2. The van der Waals surface area contributed by atoms with Crippen molar-refractivity contribution in [1.29, 1.82) is 0 Å². The van der Waals surface area contributed by atoms with Gasteiger partial charge in [-0.3, -0.25) is 0 Å². The Kier molecular flexibility index (Phi) is 1.75. The van der Waals surface area contributed by atoms with Crippen molar-refractivity contribution in [2.45, 2.75) is 23.5 Å². The molecule has 0 spiro atoms. The Labute approximate surface area is 75.3 Å². The molecule has 5 heteroatoms. The van der Waals surface area contributed by atoms with Gasteiger partial charge in [-0.15, -0.1) is 11.3 Å². The maximum Gasteiger partial charge on any atom is 0.247 e. The first kappa shape index (κ1) is 8.22. The quantitative estimate of drug-likeness (QED) is 0.736. The average molecular weight is 203 g/mol. The first-order chi connectivity index (χ1) is 5.57. The molecule has 2 N–H and O–H groups in total. The van der Waals surface area contributed by atoms with Crippen molar-refractivity contribution in [2.75, 3.05) is 0 Å². The number of thiophene rings is 1. The highest BCUT2D eigenvalue weighted by atomic mass is 32.2. The van der Waals surface area contributed by atoms with Crippen LogP contribution in [-0.4, -0.2) is 8.42 Å². The minimum absolute atomic E-state index is 0.312. The van der Waals surface area contributed by atoms with Gasteiger partial charge in [-0.25, -0.2) is 13.6 Å². The largest absolute Gasteiger partial charge is 0.247 e. The SMILES string of the molecule is NS(=O)(=O)c1cc2c(s1)CCC2. The molecule has 66 valence electrons. The molecule has 0 unspecified atom stereocenters. The molecule has 3 nitrogen and oxygen atoms in total. The molecule has 1 aliphatic rings. The molecule has 1 aromatic rings. The Morgan fingerprint density at radius 3 is 2.75 bits per heavy atom. The van der Waals surface area contributed by atoms with Crippen LogP contribution in [0.15, 0.2) is 10.3 Å². The number of rotatable bonds is 1. The van der Waals surface area contributed by atoms with Gasteiger partial charge in [0.1, 0.15) is 4.21 Å². The molecule has 0 aliphatic heterocycles. The summed E-state index contributed by atoms with van der Waals surface area (Å²) in [5, 5.41) is 5.00. The standard InChI is InChI=1S/C7H9NO2S2/c8-12(9,10)7-4-5-2-1-3-6(5)11-7/h4H,1-3H2,(H2,8,9,10). The van der Waals surface area contributed by atoms with Crippen molar-refractivity contribution < 1.29 is 8.42 Å². The minimum Gasteiger partial charge on any atom is -0.224 e. The second-order valence-corrected chi connectivity index (χ2v) is 5.84. The highest BCUT2D eigenvalue weighted by Crippen LogP contribution is 2.32. The molecule has 0 saturated heterocycles. The van der Waals surface area contributed by atoms with Gasteiger partial charge in [0.05, 0.1) is 0 Å². The summed E-state index contributed by atoms with van der Waals surface area (Å²) in [5.74, 6) is 0. The Balaban J connectivity index is 2.51. The van der Waals surface area contributed by atoms with E-state index in [0.717, 1.165) is 19.3 Å². The smallest absolute Gasteiger partial charge is 0.224 e. The summed E-state index contributed by atoms with van der Waals surface area (Å²) in [6, 6.07) is 1.71. The zero-order valence-corrected chi connectivity index (χ0v) is 8.04. The minimum atomic E-state index is -3.46. The number of fused-ring (bicyclic) bond motifs is 1. The van der Waals surface area contributed by atoms with E-state index < -0.39 is 10.0 Å². The molecule has 0 amide bonds. The first-order valence-electron chi connectivity index (χ1n) is 3.72. The molecule has 0 fully saturated rings. The van der Waals surface area contributed by atoms with Gasteiger partial charge in [-0.05, 0) is 30.9 Å². The van der Waals surface area contributed by atoms with Crippen molar-refractivity contribution in [3.63, 3.8) is 0 Å². The van der Waals surface area contributed by atoms with Crippen molar-refractivity contribution in [2.24, 2.45) is 5.14 Å². The monoisotopic (exact) mass is 203 g/mol. The van der Waals surface area contributed by atoms with Gasteiger partial charge in [0.2, 0.25) is 10.0 Å². The van der Waals surface area contributed by atoms with Gasteiger partial charge < -0.3 is 0 Å². The van der Waals surface area contributed by atoms with Crippen molar-refractivity contribution in [3.05, 3.63) is 16.5 Å². The van der Waals surface area contributed by atoms with Crippen LogP contribution in [-0.2, 0) is 22.9 Å². The summed E-state index contributed by atoms with van der Waals surface area (Å²) in [6.07, 6.45) is 3.16. The Morgan fingerprint density at radius 1 is 1.42 bits per heavy atom. The van der Waals surface area contributed by atoms with Gasteiger partial charge in [-0.2, -0.15) is 0 Å². The number of nitrogens with two attached hydrogens (primary N) is 1. The molecule has 1 aliphatic carbocycles. The normalized spacial score (nSPS) is 16.4. The molecule has 0 atom stereocenters. The second-order valence-electron chi connectivity index (χ2n) is 2.91. The van der Waals surface area contributed by atoms with E-state index in [1.807, 2.05) is 0 Å². The van der Waals surface area contributed by atoms with E-state index in [1.165, 1.54) is 21.8 Å². The molecule has 12 heavy (non-hydrogen) atoms. The highest BCUT2D eigenvalue weighted by molar-refractivity contribution is 7.91. The first-order valence-corrected chi connectivity index (χ1v) is 6.08. The van der Waals surface area contributed by atoms with E-state index >= 15 is 0 Å². The lowest BCUT2D eigenvalue weighted by atomic mass is 10.3. The van der Waals surface area contributed by atoms with Gasteiger partial charge in [0.15, 0.2) is 0 Å². The molecule has 0 aromatic carbocycles. The van der Waals surface area contributed by atoms with Gasteiger partial charge in [0, 0.05) is 4.88 Å². The predicted octanol–water partition coefficient (Wildman–Crippen LogP) is 0.884. The van der Waals surface area contributed by atoms with Crippen LogP contribution >= 0.6 is 11.3 Å². The van der Waals surface area contributed by atoms with Crippen molar-refractivity contribution in [1.82, 2.24) is 0 Å². The molecule has 2 rings (SSSR count). The van der Waals surface area contributed by atoms with Crippen LogP contribution in [0.1, 0.15) is 16.9 Å². The van der Waals surface area contributed by atoms with E-state index in [9.17, 15) is 8.42 Å². The van der Waals surface area contributed by atoms with E-state index in [-0.39, 0.29) is 0 Å².